The molecule has 1 N–H and O–H groups in total. The minimum Gasteiger partial charge on any atom is -0.477 e. The molecule has 0 saturated carbocycles. The van der Waals surface area contributed by atoms with Gasteiger partial charge in [0.1, 0.15) is 5.69 Å². The molecule has 1 amide bonds. The molecule has 0 atom stereocenters. The van der Waals surface area contributed by atoms with Crippen molar-refractivity contribution in [2.24, 2.45) is 5.92 Å². The molecule has 1 aromatic heterocycles. The number of aromatic carboxylic acids is 1. The maximum Gasteiger partial charge on any atom is 0.354 e. The number of hydrogen-bond acceptors (Lipinski definition) is 4. The van der Waals surface area contributed by atoms with Crippen LogP contribution in [0, 0.1) is 5.92 Å². The van der Waals surface area contributed by atoms with Gasteiger partial charge in [0, 0.05) is 33.0 Å². The molecular formula is C14H18N2O4. The van der Waals surface area contributed by atoms with E-state index in [9.17, 15) is 9.59 Å². The summed E-state index contributed by atoms with van der Waals surface area (Å²) >= 11 is 0. The number of carbonyl (C=O) groups excluding carboxylic acids is 1. The number of carbonyl (C=O) groups is 2. The third kappa shape index (κ3) is 3.33. The molecule has 6 heteroatoms. The van der Waals surface area contributed by atoms with Gasteiger partial charge in [-0.2, -0.15) is 0 Å². The largest absolute Gasteiger partial charge is 0.477 e. The summed E-state index contributed by atoms with van der Waals surface area (Å²) in [7, 11) is 1.69. The van der Waals surface area contributed by atoms with E-state index < -0.39 is 5.97 Å². The summed E-state index contributed by atoms with van der Waals surface area (Å²) < 4.78 is 5.13. The number of rotatable bonds is 4. The Morgan fingerprint density at radius 2 is 2.10 bits per heavy atom. The second-order valence-electron chi connectivity index (χ2n) is 4.93. The van der Waals surface area contributed by atoms with Crippen LogP contribution in [-0.2, 0) is 4.74 Å². The molecule has 0 aliphatic carbocycles. The average molecular weight is 278 g/mol. The predicted octanol–water partition coefficient (Wildman–Crippen LogP) is 1.28. The molecule has 1 aliphatic rings. The molecule has 0 bridgehead atoms. The van der Waals surface area contributed by atoms with Gasteiger partial charge in [0.2, 0.25) is 0 Å². The zero-order chi connectivity index (χ0) is 14.5. The van der Waals surface area contributed by atoms with Crippen LogP contribution in [-0.4, -0.2) is 53.7 Å². The maximum atomic E-state index is 12.3. The van der Waals surface area contributed by atoms with Gasteiger partial charge >= 0.3 is 5.97 Å². The average Bonchev–Trinajstić information content (AvgIpc) is 2.48. The van der Waals surface area contributed by atoms with Crippen molar-refractivity contribution in [3.05, 3.63) is 29.6 Å². The number of aromatic nitrogens is 1. The van der Waals surface area contributed by atoms with Crippen LogP contribution in [0.25, 0.3) is 0 Å². The predicted molar refractivity (Wildman–Crippen MR) is 71.7 cm³/mol. The van der Waals surface area contributed by atoms with Gasteiger partial charge in [0.15, 0.2) is 0 Å². The zero-order valence-corrected chi connectivity index (χ0v) is 11.4. The van der Waals surface area contributed by atoms with E-state index in [-0.39, 0.29) is 11.6 Å². The highest BCUT2D eigenvalue weighted by molar-refractivity contribution is 5.94. The van der Waals surface area contributed by atoms with Crippen LogP contribution >= 0.6 is 0 Å². The molecule has 2 rings (SSSR count). The van der Waals surface area contributed by atoms with Crippen LogP contribution in [0.3, 0.4) is 0 Å². The Morgan fingerprint density at radius 1 is 1.40 bits per heavy atom. The minimum absolute atomic E-state index is 0.0552. The highest BCUT2D eigenvalue weighted by Gasteiger charge is 2.23. The number of likely N-dealkylation sites (tertiary alicyclic amines) is 1. The molecule has 1 aromatic rings. The van der Waals surface area contributed by atoms with E-state index >= 15 is 0 Å². The monoisotopic (exact) mass is 278 g/mol. The van der Waals surface area contributed by atoms with E-state index in [2.05, 4.69) is 4.98 Å². The summed E-state index contributed by atoms with van der Waals surface area (Å²) in [4.78, 5) is 28.5. The van der Waals surface area contributed by atoms with Gasteiger partial charge < -0.3 is 14.7 Å². The van der Waals surface area contributed by atoms with Crippen molar-refractivity contribution < 1.29 is 19.4 Å². The first-order valence-electron chi connectivity index (χ1n) is 6.59. The fourth-order valence-corrected chi connectivity index (χ4v) is 2.37. The number of nitrogens with zero attached hydrogens (tertiary/aromatic N) is 2. The molecular weight excluding hydrogens is 260 g/mol. The molecule has 0 aromatic carbocycles. The van der Waals surface area contributed by atoms with Gasteiger partial charge in [-0.1, -0.05) is 0 Å². The Morgan fingerprint density at radius 3 is 2.60 bits per heavy atom. The summed E-state index contributed by atoms with van der Waals surface area (Å²) in [6.45, 7) is 2.14. The van der Waals surface area contributed by atoms with Crippen LogP contribution < -0.4 is 0 Å². The van der Waals surface area contributed by atoms with Crippen LogP contribution in [0.15, 0.2) is 18.3 Å². The van der Waals surface area contributed by atoms with Crippen LogP contribution in [0.1, 0.15) is 33.7 Å². The Labute approximate surface area is 117 Å². The topological polar surface area (TPSA) is 79.7 Å². The first-order valence-corrected chi connectivity index (χ1v) is 6.59. The van der Waals surface area contributed by atoms with E-state index in [0.29, 0.717) is 24.6 Å². The Bertz CT molecular complexity index is 478. The van der Waals surface area contributed by atoms with E-state index in [1.54, 1.807) is 12.0 Å². The summed E-state index contributed by atoms with van der Waals surface area (Å²) in [5.74, 6) is -0.675. The van der Waals surface area contributed by atoms with Gasteiger partial charge in [0.25, 0.3) is 5.91 Å². The van der Waals surface area contributed by atoms with Crippen LogP contribution in [0.2, 0.25) is 0 Å². The summed E-state index contributed by atoms with van der Waals surface area (Å²) in [6, 6.07) is 2.87. The molecule has 0 radical (unpaired) electrons. The molecule has 20 heavy (non-hydrogen) atoms. The molecule has 2 heterocycles. The number of hydrogen-bond donors (Lipinski definition) is 1. The van der Waals surface area contributed by atoms with E-state index in [1.165, 1.54) is 18.3 Å². The highest BCUT2D eigenvalue weighted by atomic mass is 16.5. The van der Waals surface area contributed by atoms with Gasteiger partial charge in [-0.15, -0.1) is 0 Å². The first kappa shape index (κ1) is 14.5. The number of amides is 1. The van der Waals surface area contributed by atoms with Gasteiger partial charge in [0.05, 0.1) is 5.56 Å². The maximum absolute atomic E-state index is 12.3. The molecule has 108 valence electrons. The first-order chi connectivity index (χ1) is 9.61. The molecule has 0 unspecified atom stereocenters. The number of carboxylic acid groups (broad SMARTS) is 1. The smallest absolute Gasteiger partial charge is 0.354 e. The lowest BCUT2D eigenvalue weighted by atomic mass is 9.97. The fourth-order valence-electron chi connectivity index (χ4n) is 2.37. The second kappa shape index (κ2) is 6.47. The van der Waals surface area contributed by atoms with Crippen molar-refractivity contribution >= 4 is 11.9 Å². The quantitative estimate of drug-likeness (QED) is 0.897. The van der Waals surface area contributed by atoms with Gasteiger partial charge in [-0.05, 0) is 30.9 Å². The van der Waals surface area contributed by atoms with Gasteiger partial charge in [-0.25, -0.2) is 9.78 Å². The number of methoxy groups -OCH3 is 1. The number of pyridine rings is 1. The summed E-state index contributed by atoms with van der Waals surface area (Å²) in [5.41, 5.74) is 0.376. The van der Waals surface area contributed by atoms with E-state index in [1.807, 2.05) is 0 Å². The fraction of sp³-hybridized carbons (Fsp3) is 0.500. The molecule has 6 nitrogen and oxygen atoms in total. The summed E-state index contributed by atoms with van der Waals surface area (Å²) in [5, 5.41) is 8.77. The third-order valence-electron chi connectivity index (χ3n) is 3.53. The van der Waals surface area contributed by atoms with Crippen LogP contribution in [0.4, 0.5) is 0 Å². The third-order valence-corrected chi connectivity index (χ3v) is 3.53. The van der Waals surface area contributed by atoms with E-state index in [4.69, 9.17) is 9.84 Å². The van der Waals surface area contributed by atoms with Crippen molar-refractivity contribution in [3.63, 3.8) is 0 Å². The zero-order valence-electron chi connectivity index (χ0n) is 11.4. The van der Waals surface area contributed by atoms with Crippen molar-refractivity contribution in [3.8, 4) is 0 Å². The lowest BCUT2D eigenvalue weighted by molar-refractivity contribution is 0.0611. The lowest BCUT2D eigenvalue weighted by Gasteiger charge is -2.31. The molecule has 0 spiro atoms. The highest BCUT2D eigenvalue weighted by Crippen LogP contribution is 2.19. The molecule has 1 aliphatic heterocycles. The normalized spacial score (nSPS) is 16.1. The number of piperidine rings is 1. The molecule has 1 saturated heterocycles. The standard InChI is InChI=1S/C14H18N2O4/c1-20-9-10-4-6-16(7-5-10)13(17)11-2-3-12(14(18)19)15-8-11/h2-3,8,10H,4-7,9H2,1H3,(H,18,19). The van der Waals surface area contributed by atoms with Crippen molar-refractivity contribution in [2.45, 2.75) is 12.8 Å². The van der Waals surface area contributed by atoms with Gasteiger partial charge in [-0.3, -0.25) is 4.79 Å². The summed E-state index contributed by atoms with van der Waals surface area (Å²) in [6.07, 6.45) is 3.19. The Kier molecular flexibility index (Phi) is 4.68. The number of carboxylic acids is 1. The SMILES string of the molecule is COCC1CCN(C(=O)c2ccc(C(=O)O)nc2)CC1. The van der Waals surface area contributed by atoms with Crippen molar-refractivity contribution in [1.82, 2.24) is 9.88 Å². The second-order valence-corrected chi connectivity index (χ2v) is 4.93. The Hall–Kier alpha value is -1.95. The van der Waals surface area contributed by atoms with E-state index in [0.717, 1.165) is 19.4 Å². The van der Waals surface area contributed by atoms with Crippen LogP contribution in [0.5, 0.6) is 0 Å². The van der Waals surface area contributed by atoms with Crippen molar-refractivity contribution in [1.29, 1.82) is 0 Å². The Balaban J connectivity index is 1.96. The minimum atomic E-state index is -1.09. The van der Waals surface area contributed by atoms with Crippen molar-refractivity contribution in [2.75, 3.05) is 26.8 Å². The lowest BCUT2D eigenvalue weighted by Crippen LogP contribution is -2.39. The number of ether oxygens (including phenoxy) is 1. The molecule has 1 fully saturated rings.